The third-order valence-electron chi connectivity index (χ3n) is 3.09. The third-order valence-corrected chi connectivity index (χ3v) is 3.09. The molecule has 0 aliphatic carbocycles. The van der Waals surface area contributed by atoms with Gasteiger partial charge in [-0.3, -0.25) is 0 Å². The van der Waals surface area contributed by atoms with Crippen LogP contribution in [0.25, 0.3) is 11.5 Å². The topological polar surface area (TPSA) is 86.0 Å². The lowest BCUT2D eigenvalue weighted by molar-refractivity contribution is 0.183. The zero-order chi connectivity index (χ0) is 13.1. The van der Waals surface area contributed by atoms with Crippen LogP contribution in [0.5, 0.6) is 0 Å². The molecular formula is C12H15N5O2. The number of hydrogen-bond donors (Lipinski definition) is 1. The molecule has 1 saturated heterocycles. The summed E-state index contributed by atoms with van der Waals surface area (Å²) in [6.45, 7) is 1.59. The summed E-state index contributed by atoms with van der Waals surface area (Å²) < 4.78 is 10.6. The molecule has 0 aromatic carbocycles. The van der Waals surface area contributed by atoms with Crippen molar-refractivity contribution < 1.29 is 9.26 Å². The van der Waals surface area contributed by atoms with Gasteiger partial charge in [-0.1, -0.05) is 5.16 Å². The first-order valence-electron chi connectivity index (χ1n) is 6.25. The molecule has 100 valence electrons. The van der Waals surface area contributed by atoms with Gasteiger partial charge in [0.1, 0.15) is 11.5 Å². The van der Waals surface area contributed by atoms with Crippen LogP contribution in [-0.4, -0.2) is 40.4 Å². The molecule has 0 bridgehead atoms. The van der Waals surface area contributed by atoms with Crippen molar-refractivity contribution in [2.24, 2.45) is 5.92 Å². The van der Waals surface area contributed by atoms with Crippen molar-refractivity contribution in [3.05, 3.63) is 18.3 Å². The molecule has 3 rings (SSSR count). The van der Waals surface area contributed by atoms with E-state index >= 15 is 0 Å². The molecule has 2 aromatic heterocycles. The van der Waals surface area contributed by atoms with Crippen molar-refractivity contribution in [1.29, 1.82) is 0 Å². The molecule has 1 aliphatic rings. The van der Waals surface area contributed by atoms with Gasteiger partial charge in [-0.05, 0) is 12.3 Å². The normalized spacial score (nSPS) is 18.7. The van der Waals surface area contributed by atoms with E-state index in [1.807, 2.05) is 0 Å². The second-order valence-corrected chi connectivity index (χ2v) is 4.48. The maximum absolute atomic E-state index is 5.33. The van der Waals surface area contributed by atoms with Crippen LogP contribution in [0.4, 0.5) is 5.82 Å². The Hall–Kier alpha value is -2.02. The van der Waals surface area contributed by atoms with Gasteiger partial charge in [0.15, 0.2) is 0 Å². The van der Waals surface area contributed by atoms with Crippen LogP contribution >= 0.6 is 0 Å². The summed E-state index contributed by atoms with van der Waals surface area (Å²) in [7, 11) is 1.79. The van der Waals surface area contributed by atoms with E-state index in [-0.39, 0.29) is 0 Å². The van der Waals surface area contributed by atoms with Gasteiger partial charge < -0.3 is 14.6 Å². The summed E-state index contributed by atoms with van der Waals surface area (Å²) in [6, 6.07) is 0. The Labute approximate surface area is 110 Å². The Balaban J connectivity index is 1.72. The molecule has 1 N–H and O–H groups in total. The lowest BCUT2D eigenvalue weighted by Gasteiger charge is -2.00. The van der Waals surface area contributed by atoms with Gasteiger partial charge in [-0.15, -0.1) is 0 Å². The summed E-state index contributed by atoms with van der Waals surface area (Å²) >= 11 is 0. The van der Waals surface area contributed by atoms with Crippen molar-refractivity contribution in [3.8, 4) is 11.5 Å². The summed E-state index contributed by atoms with van der Waals surface area (Å²) in [6.07, 6.45) is 5.07. The van der Waals surface area contributed by atoms with Crippen LogP contribution in [0.3, 0.4) is 0 Å². The maximum atomic E-state index is 5.33. The average molecular weight is 261 g/mol. The largest absolute Gasteiger partial charge is 0.381 e. The minimum atomic E-state index is 0.476. The van der Waals surface area contributed by atoms with E-state index < -0.39 is 0 Å². The number of rotatable bonds is 4. The van der Waals surface area contributed by atoms with Gasteiger partial charge in [0.05, 0.1) is 12.4 Å². The van der Waals surface area contributed by atoms with E-state index in [2.05, 4.69) is 25.4 Å². The predicted molar refractivity (Wildman–Crippen MR) is 67.5 cm³/mol. The zero-order valence-electron chi connectivity index (χ0n) is 10.7. The maximum Gasteiger partial charge on any atom is 0.227 e. The Morgan fingerprint density at radius 2 is 2.32 bits per heavy atom. The molecule has 0 amide bonds. The van der Waals surface area contributed by atoms with Crippen molar-refractivity contribution in [2.75, 3.05) is 25.6 Å². The van der Waals surface area contributed by atoms with E-state index in [1.165, 1.54) is 0 Å². The molecule has 2 aromatic rings. The monoisotopic (exact) mass is 261 g/mol. The van der Waals surface area contributed by atoms with Gasteiger partial charge in [-0.25, -0.2) is 9.97 Å². The molecule has 19 heavy (non-hydrogen) atoms. The van der Waals surface area contributed by atoms with Crippen LogP contribution < -0.4 is 5.32 Å². The minimum absolute atomic E-state index is 0.476. The molecule has 0 unspecified atom stereocenters. The lowest BCUT2D eigenvalue weighted by atomic mass is 10.1. The molecule has 1 aliphatic heterocycles. The van der Waals surface area contributed by atoms with Crippen molar-refractivity contribution >= 4 is 5.82 Å². The SMILES string of the molecule is CNc1cnc(-c2noc(C[C@H]3CCOC3)n2)cn1. The first kappa shape index (κ1) is 12.0. The van der Waals surface area contributed by atoms with E-state index in [0.717, 1.165) is 26.1 Å². The van der Waals surface area contributed by atoms with Gasteiger partial charge in [0.2, 0.25) is 11.7 Å². The fraction of sp³-hybridized carbons (Fsp3) is 0.500. The van der Waals surface area contributed by atoms with Gasteiger partial charge in [-0.2, -0.15) is 4.98 Å². The fourth-order valence-electron chi connectivity index (χ4n) is 2.01. The highest BCUT2D eigenvalue weighted by Crippen LogP contribution is 2.19. The predicted octanol–water partition coefficient (Wildman–Crippen LogP) is 1.15. The number of ether oxygens (including phenoxy) is 1. The first-order chi connectivity index (χ1) is 9.35. The Kier molecular flexibility index (Phi) is 3.37. The van der Waals surface area contributed by atoms with Crippen molar-refractivity contribution in [2.45, 2.75) is 12.8 Å². The molecular weight excluding hydrogens is 246 g/mol. The molecule has 0 spiro atoms. The Bertz CT molecular complexity index is 533. The number of nitrogens with zero attached hydrogens (tertiary/aromatic N) is 4. The number of anilines is 1. The smallest absolute Gasteiger partial charge is 0.227 e. The Morgan fingerprint density at radius 3 is 3.00 bits per heavy atom. The molecule has 0 radical (unpaired) electrons. The molecule has 1 atom stereocenters. The molecule has 7 heteroatoms. The lowest BCUT2D eigenvalue weighted by Crippen LogP contribution is -2.03. The van der Waals surface area contributed by atoms with Gasteiger partial charge in [0, 0.05) is 26.7 Å². The van der Waals surface area contributed by atoms with Crippen LogP contribution in [0.1, 0.15) is 12.3 Å². The Morgan fingerprint density at radius 1 is 1.37 bits per heavy atom. The minimum Gasteiger partial charge on any atom is -0.381 e. The van der Waals surface area contributed by atoms with Crippen LogP contribution in [-0.2, 0) is 11.2 Å². The highest BCUT2D eigenvalue weighted by molar-refractivity contribution is 5.48. The summed E-state index contributed by atoms with van der Waals surface area (Å²) in [5, 5.41) is 6.84. The number of hydrogen-bond acceptors (Lipinski definition) is 7. The summed E-state index contributed by atoms with van der Waals surface area (Å²) in [4.78, 5) is 12.7. The van der Waals surface area contributed by atoms with Crippen LogP contribution in [0.2, 0.25) is 0 Å². The zero-order valence-corrected chi connectivity index (χ0v) is 10.7. The molecule has 0 saturated carbocycles. The van der Waals surface area contributed by atoms with E-state index in [0.29, 0.717) is 29.1 Å². The second-order valence-electron chi connectivity index (χ2n) is 4.48. The standard InChI is InChI=1S/C12H15N5O2/c1-13-10-6-14-9(5-15-10)12-16-11(19-17-12)4-8-2-3-18-7-8/h5-6,8H,2-4,7H2,1H3,(H,13,15)/t8-/m1/s1. The quantitative estimate of drug-likeness (QED) is 0.883. The van der Waals surface area contributed by atoms with E-state index in [4.69, 9.17) is 9.26 Å². The molecule has 3 heterocycles. The summed E-state index contributed by atoms with van der Waals surface area (Å²) in [5.41, 5.74) is 0.608. The third kappa shape index (κ3) is 2.70. The summed E-state index contributed by atoms with van der Waals surface area (Å²) in [5.74, 6) is 2.29. The van der Waals surface area contributed by atoms with Gasteiger partial charge >= 0.3 is 0 Å². The number of nitrogens with one attached hydrogen (secondary N) is 1. The van der Waals surface area contributed by atoms with E-state index in [1.54, 1.807) is 19.4 Å². The van der Waals surface area contributed by atoms with Gasteiger partial charge in [0.25, 0.3) is 0 Å². The highest BCUT2D eigenvalue weighted by atomic mass is 16.5. The molecule has 7 nitrogen and oxygen atoms in total. The second kappa shape index (κ2) is 5.31. The number of aromatic nitrogens is 4. The highest BCUT2D eigenvalue weighted by Gasteiger charge is 2.20. The van der Waals surface area contributed by atoms with Crippen molar-refractivity contribution in [1.82, 2.24) is 20.1 Å². The van der Waals surface area contributed by atoms with Crippen LogP contribution in [0, 0.1) is 5.92 Å². The van der Waals surface area contributed by atoms with E-state index in [9.17, 15) is 0 Å². The first-order valence-corrected chi connectivity index (χ1v) is 6.25. The van der Waals surface area contributed by atoms with Crippen LogP contribution in [0.15, 0.2) is 16.9 Å². The van der Waals surface area contributed by atoms with Crippen molar-refractivity contribution in [3.63, 3.8) is 0 Å². The average Bonchev–Trinajstić information content (AvgIpc) is 3.11. The molecule has 1 fully saturated rings. The fourth-order valence-corrected chi connectivity index (χ4v) is 2.01.